The molecule has 0 radical (unpaired) electrons. The van der Waals surface area contributed by atoms with E-state index in [1.807, 2.05) is 0 Å². The zero-order valence-electron chi connectivity index (χ0n) is 10.6. The summed E-state index contributed by atoms with van der Waals surface area (Å²) in [6.07, 6.45) is 1.96. The van der Waals surface area contributed by atoms with Crippen molar-refractivity contribution in [3.63, 3.8) is 0 Å². The summed E-state index contributed by atoms with van der Waals surface area (Å²) in [4.78, 5) is -0.0421. The zero-order chi connectivity index (χ0) is 14.8. The number of aliphatic hydroxyl groups excluding tert-OH is 1. The van der Waals surface area contributed by atoms with E-state index >= 15 is 0 Å². The molecule has 2 rings (SSSR count). The highest BCUT2D eigenvalue weighted by molar-refractivity contribution is 9.10. The number of rotatable bonds is 6. The molecular formula is C10H13BrN4O4S. The summed E-state index contributed by atoms with van der Waals surface area (Å²) in [5.74, 6) is 0.848. The van der Waals surface area contributed by atoms with Crippen molar-refractivity contribution < 1.29 is 17.9 Å². The molecule has 0 unspecified atom stereocenters. The Morgan fingerprint density at radius 2 is 2.30 bits per heavy atom. The molecule has 2 heterocycles. The molecule has 10 heteroatoms. The van der Waals surface area contributed by atoms with Crippen LogP contribution in [0.2, 0.25) is 0 Å². The number of furan rings is 1. The molecule has 0 spiro atoms. The smallest absolute Gasteiger partial charge is 0.244 e. The van der Waals surface area contributed by atoms with Crippen LogP contribution in [0.1, 0.15) is 11.6 Å². The van der Waals surface area contributed by atoms with E-state index in [1.54, 1.807) is 17.9 Å². The van der Waals surface area contributed by atoms with E-state index in [0.717, 1.165) is 0 Å². The fraction of sp³-hybridized carbons (Fsp3) is 0.400. The predicted octanol–water partition coefficient (Wildman–Crippen LogP) is 0.184. The maximum Gasteiger partial charge on any atom is 0.244 e. The van der Waals surface area contributed by atoms with Crippen LogP contribution in [-0.2, 0) is 30.1 Å². The molecule has 0 aromatic carbocycles. The van der Waals surface area contributed by atoms with Gasteiger partial charge in [0.1, 0.15) is 29.4 Å². The highest BCUT2D eigenvalue weighted by atomic mass is 79.9. The van der Waals surface area contributed by atoms with Crippen molar-refractivity contribution in [3.8, 4) is 0 Å². The van der Waals surface area contributed by atoms with Gasteiger partial charge in [0, 0.05) is 26.1 Å². The lowest BCUT2D eigenvalue weighted by Crippen LogP contribution is -2.26. The molecule has 0 atom stereocenters. The number of nitrogens with zero attached hydrogens (tertiary/aromatic N) is 3. The number of nitrogens with one attached hydrogen (secondary N) is 1. The van der Waals surface area contributed by atoms with E-state index in [4.69, 9.17) is 9.52 Å². The van der Waals surface area contributed by atoms with Gasteiger partial charge in [-0.3, -0.25) is 0 Å². The van der Waals surface area contributed by atoms with Gasteiger partial charge in [0.05, 0.1) is 0 Å². The highest BCUT2D eigenvalue weighted by Gasteiger charge is 2.22. The minimum Gasteiger partial charge on any atom is -0.450 e. The van der Waals surface area contributed by atoms with Crippen molar-refractivity contribution >= 4 is 26.0 Å². The van der Waals surface area contributed by atoms with Crippen LogP contribution in [0, 0.1) is 0 Å². The maximum absolute atomic E-state index is 12.1. The molecule has 0 saturated heterocycles. The third-order valence-electron chi connectivity index (χ3n) is 2.60. The fourth-order valence-corrected chi connectivity index (χ4v) is 3.59. The lowest BCUT2D eigenvalue weighted by atomic mass is 10.4. The number of halogens is 1. The van der Waals surface area contributed by atoms with E-state index in [9.17, 15) is 8.42 Å². The van der Waals surface area contributed by atoms with Crippen molar-refractivity contribution in [2.45, 2.75) is 17.9 Å². The van der Waals surface area contributed by atoms with Crippen molar-refractivity contribution in [1.29, 1.82) is 0 Å². The zero-order valence-corrected chi connectivity index (χ0v) is 13.0. The van der Waals surface area contributed by atoms with Gasteiger partial charge in [-0.1, -0.05) is 0 Å². The van der Waals surface area contributed by atoms with Gasteiger partial charge in [-0.2, -0.15) is 0 Å². The Bertz CT molecular complexity index is 694. The molecule has 0 aliphatic rings. The molecule has 0 fully saturated rings. The van der Waals surface area contributed by atoms with Crippen LogP contribution in [-0.4, -0.2) is 34.8 Å². The number of aromatic nitrogens is 3. The molecule has 0 aliphatic heterocycles. The Kier molecular flexibility index (Phi) is 4.58. The standard InChI is InChI=1S/C10H13BrN4O4S/c1-15-6-12-14-9(15)2-3-13-20(17,18)8-4-7(5-16)19-10(8)11/h4,6,13,16H,2-3,5H2,1H3. The van der Waals surface area contributed by atoms with Gasteiger partial charge in [-0.15, -0.1) is 10.2 Å². The first-order chi connectivity index (χ1) is 9.44. The monoisotopic (exact) mass is 364 g/mol. The second kappa shape index (κ2) is 6.04. The summed E-state index contributed by atoms with van der Waals surface area (Å²) in [6.45, 7) is -0.187. The molecule has 2 aromatic rings. The van der Waals surface area contributed by atoms with E-state index in [2.05, 4.69) is 30.8 Å². The normalized spacial score (nSPS) is 11.9. The average Bonchev–Trinajstić information content (AvgIpc) is 2.96. The largest absolute Gasteiger partial charge is 0.450 e. The Morgan fingerprint density at radius 1 is 1.55 bits per heavy atom. The first-order valence-corrected chi connectivity index (χ1v) is 7.93. The summed E-state index contributed by atoms with van der Waals surface area (Å²) < 4.78 is 33.4. The predicted molar refractivity (Wildman–Crippen MR) is 72.2 cm³/mol. The molecular weight excluding hydrogens is 352 g/mol. The molecule has 0 bridgehead atoms. The van der Waals surface area contributed by atoms with Crippen LogP contribution in [0.4, 0.5) is 0 Å². The summed E-state index contributed by atoms with van der Waals surface area (Å²) >= 11 is 3.01. The average molecular weight is 365 g/mol. The first kappa shape index (κ1) is 15.2. The highest BCUT2D eigenvalue weighted by Crippen LogP contribution is 2.25. The first-order valence-electron chi connectivity index (χ1n) is 5.65. The summed E-state index contributed by atoms with van der Waals surface area (Å²) in [5.41, 5.74) is 0. The molecule has 0 aliphatic carbocycles. The third-order valence-corrected chi connectivity index (χ3v) is 4.92. The summed E-state index contributed by atoms with van der Waals surface area (Å²) in [5, 5.41) is 16.5. The van der Waals surface area contributed by atoms with Crippen molar-refractivity contribution in [1.82, 2.24) is 19.5 Å². The number of hydrogen-bond acceptors (Lipinski definition) is 6. The number of sulfonamides is 1. The molecule has 2 aromatic heterocycles. The van der Waals surface area contributed by atoms with Gasteiger partial charge in [-0.25, -0.2) is 13.1 Å². The topological polar surface area (TPSA) is 110 Å². The maximum atomic E-state index is 12.1. The van der Waals surface area contributed by atoms with E-state index < -0.39 is 10.0 Å². The van der Waals surface area contributed by atoms with Crippen LogP contribution in [0.5, 0.6) is 0 Å². The second-order valence-electron chi connectivity index (χ2n) is 4.01. The van der Waals surface area contributed by atoms with Gasteiger partial charge >= 0.3 is 0 Å². The van der Waals surface area contributed by atoms with Gasteiger partial charge in [0.15, 0.2) is 4.67 Å². The third kappa shape index (κ3) is 3.26. The molecule has 110 valence electrons. The molecule has 0 amide bonds. The van der Waals surface area contributed by atoms with Crippen LogP contribution >= 0.6 is 15.9 Å². The Hall–Kier alpha value is -1.23. The van der Waals surface area contributed by atoms with Crippen molar-refractivity contribution in [2.24, 2.45) is 7.05 Å². The van der Waals surface area contributed by atoms with Gasteiger partial charge in [0.2, 0.25) is 10.0 Å². The lowest BCUT2D eigenvalue weighted by molar-refractivity contribution is 0.245. The quantitative estimate of drug-likeness (QED) is 0.756. The molecule has 20 heavy (non-hydrogen) atoms. The molecule has 2 N–H and O–H groups in total. The SMILES string of the molecule is Cn1cnnc1CCNS(=O)(=O)c1cc(CO)oc1Br. The summed E-state index contributed by atoms with van der Waals surface area (Å²) in [7, 11) is -1.92. The fourth-order valence-electron chi connectivity index (χ4n) is 1.57. The summed E-state index contributed by atoms with van der Waals surface area (Å²) in [6, 6.07) is 1.27. The van der Waals surface area contributed by atoms with Gasteiger partial charge < -0.3 is 14.1 Å². The number of aryl methyl sites for hydroxylation is 1. The molecule has 8 nitrogen and oxygen atoms in total. The Balaban J connectivity index is 2.04. The minimum absolute atomic E-state index is 0.0421. The van der Waals surface area contributed by atoms with Crippen molar-refractivity contribution in [3.05, 3.63) is 28.6 Å². The van der Waals surface area contributed by atoms with Crippen LogP contribution < -0.4 is 4.72 Å². The van der Waals surface area contributed by atoms with E-state index in [0.29, 0.717) is 12.2 Å². The van der Waals surface area contributed by atoms with Crippen LogP contribution in [0.15, 0.2) is 26.4 Å². The van der Waals surface area contributed by atoms with Crippen LogP contribution in [0.25, 0.3) is 0 Å². The number of aliphatic hydroxyl groups is 1. The number of hydrogen-bond donors (Lipinski definition) is 2. The van der Waals surface area contributed by atoms with Crippen molar-refractivity contribution in [2.75, 3.05) is 6.54 Å². The second-order valence-corrected chi connectivity index (χ2v) is 6.47. The van der Waals surface area contributed by atoms with Gasteiger partial charge in [0.25, 0.3) is 0 Å². The van der Waals surface area contributed by atoms with E-state index in [-0.39, 0.29) is 28.5 Å². The molecule has 0 saturated carbocycles. The lowest BCUT2D eigenvalue weighted by Gasteiger charge is -2.04. The minimum atomic E-state index is -3.71. The van der Waals surface area contributed by atoms with Crippen LogP contribution in [0.3, 0.4) is 0 Å². The Labute approximate surface area is 124 Å². The van der Waals surface area contributed by atoms with Gasteiger partial charge in [-0.05, 0) is 15.9 Å². The Morgan fingerprint density at radius 3 is 2.85 bits per heavy atom. The van der Waals surface area contributed by atoms with E-state index in [1.165, 1.54) is 6.07 Å².